The molecule has 21 heavy (non-hydrogen) atoms. The van der Waals surface area contributed by atoms with E-state index >= 15 is 0 Å². The number of hydrogen-bond donors (Lipinski definition) is 1. The van der Waals surface area contributed by atoms with E-state index < -0.39 is 0 Å². The van der Waals surface area contributed by atoms with Crippen molar-refractivity contribution in [1.82, 2.24) is 15.2 Å². The van der Waals surface area contributed by atoms with Crippen molar-refractivity contribution in [3.05, 3.63) is 58.3 Å². The van der Waals surface area contributed by atoms with E-state index in [0.29, 0.717) is 18.1 Å². The first-order chi connectivity index (χ1) is 10.2. The SMILES string of the molecule is Cc1ncc(CNc2ccc(-c3ccc(F)cc3)nn2)s1. The predicted octanol–water partition coefficient (Wildman–Crippen LogP) is 3.66. The third-order valence-corrected chi connectivity index (χ3v) is 3.83. The van der Waals surface area contributed by atoms with Crippen LogP contribution in [0.15, 0.2) is 42.6 Å². The Balaban J connectivity index is 1.67. The molecule has 0 saturated carbocycles. The monoisotopic (exact) mass is 300 g/mol. The van der Waals surface area contributed by atoms with Crippen LogP contribution in [0.25, 0.3) is 11.3 Å². The average molecular weight is 300 g/mol. The zero-order valence-corrected chi connectivity index (χ0v) is 12.2. The van der Waals surface area contributed by atoms with E-state index in [4.69, 9.17) is 0 Å². The number of aryl methyl sites for hydroxylation is 1. The van der Waals surface area contributed by atoms with E-state index in [1.807, 2.05) is 25.3 Å². The zero-order chi connectivity index (χ0) is 14.7. The molecule has 0 bridgehead atoms. The summed E-state index contributed by atoms with van der Waals surface area (Å²) in [5, 5.41) is 12.5. The Bertz CT molecular complexity index is 722. The standard InChI is InChI=1S/C15H13FN4S/c1-10-17-8-13(21-10)9-18-15-7-6-14(19-20-15)11-2-4-12(16)5-3-11/h2-8H,9H2,1H3,(H,18,20). The second-order valence-corrected chi connectivity index (χ2v) is 5.83. The summed E-state index contributed by atoms with van der Waals surface area (Å²) < 4.78 is 12.9. The molecule has 106 valence electrons. The van der Waals surface area contributed by atoms with Crippen LogP contribution in [0.5, 0.6) is 0 Å². The molecule has 0 aliphatic heterocycles. The highest BCUT2D eigenvalue weighted by Gasteiger charge is 2.03. The number of aromatic nitrogens is 3. The maximum atomic E-state index is 12.9. The molecule has 0 fully saturated rings. The Hall–Kier alpha value is -2.34. The Labute approximate surface area is 125 Å². The summed E-state index contributed by atoms with van der Waals surface area (Å²) in [4.78, 5) is 5.35. The van der Waals surface area contributed by atoms with Crippen LogP contribution in [0.3, 0.4) is 0 Å². The Morgan fingerprint density at radius 2 is 1.90 bits per heavy atom. The molecule has 3 rings (SSSR count). The lowest BCUT2D eigenvalue weighted by atomic mass is 10.1. The summed E-state index contributed by atoms with van der Waals surface area (Å²) in [6, 6.07) is 9.92. The van der Waals surface area contributed by atoms with Crippen LogP contribution in [0, 0.1) is 12.7 Å². The van der Waals surface area contributed by atoms with Gasteiger partial charge in [-0.1, -0.05) is 0 Å². The second-order valence-electron chi connectivity index (χ2n) is 4.51. The molecule has 0 aliphatic rings. The van der Waals surface area contributed by atoms with E-state index in [2.05, 4.69) is 20.5 Å². The molecule has 1 aromatic carbocycles. The average Bonchev–Trinajstić information content (AvgIpc) is 2.92. The van der Waals surface area contributed by atoms with Crippen LogP contribution < -0.4 is 5.32 Å². The molecule has 2 heterocycles. The molecule has 0 radical (unpaired) electrons. The van der Waals surface area contributed by atoms with Gasteiger partial charge in [-0.15, -0.1) is 21.5 Å². The highest BCUT2D eigenvalue weighted by molar-refractivity contribution is 7.11. The minimum atomic E-state index is -0.259. The molecule has 1 N–H and O–H groups in total. The van der Waals surface area contributed by atoms with Gasteiger partial charge in [0.2, 0.25) is 0 Å². The number of anilines is 1. The second kappa shape index (κ2) is 5.97. The van der Waals surface area contributed by atoms with Gasteiger partial charge in [0, 0.05) is 16.6 Å². The fourth-order valence-corrected chi connectivity index (χ4v) is 2.60. The Morgan fingerprint density at radius 1 is 1.10 bits per heavy atom. The third kappa shape index (κ3) is 3.41. The minimum absolute atomic E-state index is 0.259. The molecule has 0 amide bonds. The molecule has 0 aliphatic carbocycles. The summed E-state index contributed by atoms with van der Waals surface area (Å²) in [5.41, 5.74) is 1.56. The van der Waals surface area contributed by atoms with E-state index in [9.17, 15) is 4.39 Å². The smallest absolute Gasteiger partial charge is 0.148 e. The van der Waals surface area contributed by atoms with Gasteiger partial charge in [0.05, 0.1) is 17.2 Å². The fourth-order valence-electron chi connectivity index (χ4n) is 1.87. The molecule has 3 aromatic rings. The summed E-state index contributed by atoms with van der Waals surface area (Å²) in [6.45, 7) is 2.65. The van der Waals surface area contributed by atoms with Gasteiger partial charge in [-0.3, -0.25) is 0 Å². The van der Waals surface area contributed by atoms with Crippen molar-refractivity contribution >= 4 is 17.2 Å². The van der Waals surface area contributed by atoms with Crippen molar-refractivity contribution in [3.63, 3.8) is 0 Å². The lowest BCUT2D eigenvalue weighted by Crippen LogP contribution is -2.01. The molecule has 0 unspecified atom stereocenters. The van der Waals surface area contributed by atoms with E-state index in [-0.39, 0.29) is 5.82 Å². The van der Waals surface area contributed by atoms with Crippen LogP contribution in [-0.2, 0) is 6.54 Å². The van der Waals surface area contributed by atoms with E-state index in [1.165, 1.54) is 12.1 Å². The van der Waals surface area contributed by atoms with Gasteiger partial charge in [-0.05, 0) is 43.3 Å². The molecule has 6 heteroatoms. The third-order valence-electron chi connectivity index (χ3n) is 2.92. The van der Waals surface area contributed by atoms with Gasteiger partial charge < -0.3 is 5.32 Å². The maximum Gasteiger partial charge on any atom is 0.148 e. The molecule has 2 aromatic heterocycles. The number of thiazole rings is 1. The summed E-state index contributed by atoms with van der Waals surface area (Å²) >= 11 is 1.65. The molecule has 0 spiro atoms. The first kappa shape index (κ1) is 13.6. The van der Waals surface area contributed by atoms with Gasteiger partial charge in [0.25, 0.3) is 0 Å². The van der Waals surface area contributed by atoms with Gasteiger partial charge in [-0.2, -0.15) is 0 Å². The minimum Gasteiger partial charge on any atom is -0.364 e. The van der Waals surface area contributed by atoms with Crippen LogP contribution in [-0.4, -0.2) is 15.2 Å². The fraction of sp³-hybridized carbons (Fsp3) is 0.133. The molecular formula is C15H13FN4S. The van der Waals surface area contributed by atoms with Crippen LogP contribution in [0.4, 0.5) is 10.2 Å². The van der Waals surface area contributed by atoms with E-state index in [1.54, 1.807) is 23.5 Å². The number of halogens is 1. The van der Waals surface area contributed by atoms with Gasteiger partial charge in [-0.25, -0.2) is 9.37 Å². The summed E-state index contributed by atoms with van der Waals surface area (Å²) in [6.07, 6.45) is 1.85. The van der Waals surface area contributed by atoms with Gasteiger partial charge in [0.1, 0.15) is 11.6 Å². The predicted molar refractivity (Wildman–Crippen MR) is 81.6 cm³/mol. The number of benzene rings is 1. The number of nitrogens with zero attached hydrogens (tertiary/aromatic N) is 3. The summed E-state index contributed by atoms with van der Waals surface area (Å²) in [7, 11) is 0. The molecule has 4 nitrogen and oxygen atoms in total. The van der Waals surface area contributed by atoms with Crippen molar-refractivity contribution in [2.45, 2.75) is 13.5 Å². The molecule has 0 saturated heterocycles. The van der Waals surface area contributed by atoms with Gasteiger partial charge >= 0.3 is 0 Å². The maximum absolute atomic E-state index is 12.9. The normalized spacial score (nSPS) is 10.6. The van der Waals surface area contributed by atoms with Crippen molar-refractivity contribution in [2.75, 3.05) is 5.32 Å². The van der Waals surface area contributed by atoms with Crippen LogP contribution >= 0.6 is 11.3 Å². The highest BCUT2D eigenvalue weighted by Crippen LogP contribution is 2.18. The Kier molecular flexibility index (Phi) is 3.87. The lowest BCUT2D eigenvalue weighted by Gasteiger charge is -2.04. The number of nitrogens with one attached hydrogen (secondary N) is 1. The highest BCUT2D eigenvalue weighted by atomic mass is 32.1. The van der Waals surface area contributed by atoms with Gasteiger partial charge in [0.15, 0.2) is 0 Å². The molecular weight excluding hydrogens is 287 g/mol. The zero-order valence-electron chi connectivity index (χ0n) is 11.4. The summed E-state index contributed by atoms with van der Waals surface area (Å²) in [5.74, 6) is 0.441. The first-order valence-electron chi connectivity index (χ1n) is 6.45. The molecule has 0 atom stereocenters. The van der Waals surface area contributed by atoms with Crippen LogP contribution in [0.1, 0.15) is 9.88 Å². The van der Waals surface area contributed by atoms with E-state index in [0.717, 1.165) is 15.4 Å². The van der Waals surface area contributed by atoms with Crippen LogP contribution in [0.2, 0.25) is 0 Å². The largest absolute Gasteiger partial charge is 0.364 e. The van der Waals surface area contributed by atoms with Crippen molar-refractivity contribution in [1.29, 1.82) is 0 Å². The number of rotatable bonds is 4. The lowest BCUT2D eigenvalue weighted by molar-refractivity contribution is 0.628. The van der Waals surface area contributed by atoms with Crippen molar-refractivity contribution < 1.29 is 4.39 Å². The Morgan fingerprint density at radius 3 is 2.52 bits per heavy atom. The van der Waals surface area contributed by atoms with Crippen molar-refractivity contribution in [3.8, 4) is 11.3 Å². The quantitative estimate of drug-likeness (QED) is 0.799. The first-order valence-corrected chi connectivity index (χ1v) is 7.27. The van der Waals surface area contributed by atoms with Crippen molar-refractivity contribution in [2.24, 2.45) is 0 Å². The number of hydrogen-bond acceptors (Lipinski definition) is 5. The topological polar surface area (TPSA) is 50.7 Å².